The molecule has 178 valence electrons. The van der Waals surface area contributed by atoms with E-state index in [1.165, 1.54) is 0 Å². The third-order valence-electron chi connectivity index (χ3n) is 6.75. The van der Waals surface area contributed by atoms with E-state index in [2.05, 4.69) is 27.1 Å². The van der Waals surface area contributed by atoms with Crippen molar-refractivity contribution in [2.45, 2.75) is 19.3 Å². The number of hydrogen-bond acceptors (Lipinski definition) is 5. The second-order valence-electron chi connectivity index (χ2n) is 9.58. The summed E-state index contributed by atoms with van der Waals surface area (Å²) in [5.41, 5.74) is 4.44. The highest BCUT2D eigenvalue weighted by Crippen LogP contribution is 2.33. The summed E-state index contributed by atoms with van der Waals surface area (Å²) in [6.45, 7) is 3.72. The second kappa shape index (κ2) is 8.25. The molecular weight excluding hydrogens is 462 g/mol. The lowest BCUT2D eigenvalue weighted by Crippen LogP contribution is -2.29. The maximum absolute atomic E-state index is 12.4. The van der Waals surface area contributed by atoms with Crippen molar-refractivity contribution >= 4 is 32.8 Å². The van der Waals surface area contributed by atoms with E-state index in [4.69, 9.17) is 4.98 Å². The van der Waals surface area contributed by atoms with Crippen LogP contribution < -0.4 is 11.1 Å². The number of aromatic nitrogens is 4. The van der Waals surface area contributed by atoms with Crippen LogP contribution in [0.2, 0.25) is 0 Å². The predicted molar refractivity (Wildman–Crippen MR) is 145 cm³/mol. The van der Waals surface area contributed by atoms with Gasteiger partial charge >= 0.3 is 11.1 Å². The number of nitrogens with one attached hydrogen (secondary N) is 2. The van der Waals surface area contributed by atoms with Crippen molar-refractivity contribution in [3.63, 3.8) is 0 Å². The number of benzene rings is 3. The van der Waals surface area contributed by atoms with Crippen molar-refractivity contribution in [3.8, 4) is 28.5 Å². The molecule has 3 aromatic heterocycles. The van der Waals surface area contributed by atoms with E-state index in [-0.39, 0.29) is 0 Å². The molecule has 0 unspecified atom stereocenters. The molecule has 37 heavy (non-hydrogen) atoms. The molecule has 0 atom stereocenters. The largest absolute Gasteiger partial charge is 0.315 e. The zero-order valence-electron chi connectivity index (χ0n) is 20.2. The van der Waals surface area contributed by atoms with Crippen LogP contribution in [0.4, 0.5) is 0 Å². The van der Waals surface area contributed by atoms with Gasteiger partial charge in [-0.3, -0.25) is 14.6 Å². The van der Waals surface area contributed by atoms with Crippen LogP contribution >= 0.6 is 0 Å². The lowest BCUT2D eigenvalue weighted by atomic mass is 9.86. The molecule has 0 amide bonds. The Morgan fingerprint density at radius 2 is 1.49 bits per heavy atom. The van der Waals surface area contributed by atoms with Crippen molar-refractivity contribution in [2.24, 2.45) is 0 Å². The Morgan fingerprint density at radius 1 is 0.784 bits per heavy atom. The van der Waals surface area contributed by atoms with Crippen LogP contribution in [0.5, 0.6) is 0 Å². The first kappa shape index (κ1) is 22.4. The van der Waals surface area contributed by atoms with E-state index in [9.17, 15) is 14.9 Å². The molecule has 6 rings (SSSR count). The Balaban J connectivity index is 1.58. The molecular formula is C30H21N5O2. The van der Waals surface area contributed by atoms with E-state index < -0.39 is 16.5 Å². The van der Waals surface area contributed by atoms with Gasteiger partial charge in [0.25, 0.3) is 0 Å². The van der Waals surface area contributed by atoms with Crippen molar-refractivity contribution < 1.29 is 0 Å². The summed E-state index contributed by atoms with van der Waals surface area (Å²) >= 11 is 0. The summed E-state index contributed by atoms with van der Waals surface area (Å²) in [7, 11) is 0. The highest BCUT2D eigenvalue weighted by molar-refractivity contribution is 6.08. The number of fused-ring (bicyclic) bond motifs is 4. The molecule has 0 aliphatic carbocycles. The highest BCUT2D eigenvalue weighted by Gasteiger charge is 2.20. The minimum absolute atomic E-state index is 0.443. The molecule has 0 saturated carbocycles. The van der Waals surface area contributed by atoms with E-state index >= 15 is 0 Å². The van der Waals surface area contributed by atoms with Gasteiger partial charge in [-0.05, 0) is 49.2 Å². The molecule has 3 heterocycles. The Labute approximate surface area is 211 Å². The SMILES string of the molecule is CC(C)(C#N)c1ccc(-c2nc3ccc(-c4cnc5ccccc5c4)cc3c3[nH]c(=O)c(=O)[nH]c23)cc1. The van der Waals surface area contributed by atoms with Gasteiger partial charge in [0.2, 0.25) is 0 Å². The molecule has 0 bridgehead atoms. The molecule has 6 aromatic rings. The number of pyridine rings is 2. The van der Waals surface area contributed by atoms with Crippen molar-refractivity contribution in [3.05, 3.63) is 105 Å². The van der Waals surface area contributed by atoms with Gasteiger partial charge in [0.1, 0.15) is 0 Å². The summed E-state index contributed by atoms with van der Waals surface area (Å²) < 4.78 is 0. The number of hydrogen-bond donors (Lipinski definition) is 2. The topological polar surface area (TPSA) is 115 Å². The molecule has 3 aromatic carbocycles. The molecule has 0 fully saturated rings. The molecule has 0 radical (unpaired) electrons. The van der Waals surface area contributed by atoms with Crippen LogP contribution in [0.15, 0.2) is 88.6 Å². The number of para-hydroxylation sites is 1. The van der Waals surface area contributed by atoms with Crippen LogP contribution in [0.3, 0.4) is 0 Å². The third-order valence-corrected chi connectivity index (χ3v) is 6.75. The quantitative estimate of drug-likeness (QED) is 0.257. The number of H-pyrrole nitrogens is 2. The fraction of sp³-hybridized carbons (Fsp3) is 0.100. The zero-order valence-corrected chi connectivity index (χ0v) is 20.2. The van der Waals surface area contributed by atoms with Crippen molar-refractivity contribution in [1.29, 1.82) is 5.26 Å². The number of aromatic amines is 2. The highest BCUT2D eigenvalue weighted by atomic mass is 16.2. The molecule has 0 saturated heterocycles. The van der Waals surface area contributed by atoms with Gasteiger partial charge in [-0.15, -0.1) is 0 Å². The maximum atomic E-state index is 12.4. The Bertz CT molecular complexity index is 2010. The Morgan fingerprint density at radius 3 is 2.24 bits per heavy atom. The summed E-state index contributed by atoms with van der Waals surface area (Å²) in [5.74, 6) is 0. The van der Waals surface area contributed by atoms with Gasteiger partial charge in [0.05, 0.1) is 39.2 Å². The standard InChI is InChI=1S/C30H21N5O2/c1-30(2,16-31)21-10-7-17(8-11-21)25-27-26(34-28(36)29(37)35-27)22-14-18(9-12-24(22)33-25)20-13-19-5-3-4-6-23(19)32-15-20/h3-15H,1-2H3,(H,34,36)(H,35,37). The summed E-state index contributed by atoms with van der Waals surface area (Å²) in [5, 5.41) is 11.2. The zero-order chi connectivity index (χ0) is 25.7. The van der Waals surface area contributed by atoms with Crippen LogP contribution in [0, 0.1) is 11.3 Å². The van der Waals surface area contributed by atoms with Gasteiger partial charge in [0, 0.05) is 28.1 Å². The first-order valence-corrected chi connectivity index (χ1v) is 11.8. The van der Waals surface area contributed by atoms with Crippen LogP contribution in [-0.4, -0.2) is 19.9 Å². The molecule has 0 aliphatic heterocycles. The van der Waals surface area contributed by atoms with E-state index in [1.54, 1.807) is 0 Å². The summed E-state index contributed by atoms with van der Waals surface area (Å²) in [4.78, 5) is 39.6. The van der Waals surface area contributed by atoms with Gasteiger partial charge in [-0.1, -0.05) is 48.5 Å². The molecule has 0 aliphatic rings. The average molecular weight is 484 g/mol. The first-order chi connectivity index (χ1) is 17.8. The number of rotatable bonds is 3. The molecule has 0 spiro atoms. The first-order valence-electron chi connectivity index (χ1n) is 11.8. The van der Waals surface area contributed by atoms with Crippen LogP contribution in [0.1, 0.15) is 19.4 Å². The van der Waals surface area contributed by atoms with Gasteiger partial charge in [-0.2, -0.15) is 5.26 Å². The maximum Gasteiger partial charge on any atom is 0.314 e. The fourth-order valence-corrected chi connectivity index (χ4v) is 4.58. The van der Waals surface area contributed by atoms with Crippen LogP contribution in [-0.2, 0) is 5.41 Å². The van der Waals surface area contributed by atoms with E-state index in [0.717, 1.165) is 33.2 Å². The number of nitriles is 1. The van der Waals surface area contributed by atoms with E-state index in [0.29, 0.717) is 27.6 Å². The van der Waals surface area contributed by atoms with Crippen molar-refractivity contribution in [1.82, 2.24) is 19.9 Å². The summed E-state index contributed by atoms with van der Waals surface area (Å²) in [6, 6.07) is 25.6. The van der Waals surface area contributed by atoms with Gasteiger partial charge < -0.3 is 9.97 Å². The second-order valence-corrected chi connectivity index (χ2v) is 9.58. The normalized spacial score (nSPS) is 11.7. The van der Waals surface area contributed by atoms with Gasteiger partial charge in [-0.25, -0.2) is 4.98 Å². The molecule has 7 heteroatoms. The van der Waals surface area contributed by atoms with E-state index in [1.807, 2.05) is 86.8 Å². The minimum atomic E-state index is -0.744. The van der Waals surface area contributed by atoms with Crippen LogP contribution in [0.25, 0.3) is 55.2 Å². The smallest absolute Gasteiger partial charge is 0.314 e. The monoisotopic (exact) mass is 483 g/mol. The average Bonchev–Trinajstić information content (AvgIpc) is 2.93. The van der Waals surface area contributed by atoms with Gasteiger partial charge in [0.15, 0.2) is 0 Å². The lowest BCUT2D eigenvalue weighted by molar-refractivity contribution is 0.687. The molecule has 2 N–H and O–H groups in total. The molecule has 7 nitrogen and oxygen atoms in total. The Kier molecular flexibility index (Phi) is 4.99. The van der Waals surface area contributed by atoms with Crippen molar-refractivity contribution in [2.75, 3.05) is 0 Å². The number of nitrogens with zero attached hydrogens (tertiary/aromatic N) is 3. The summed E-state index contributed by atoms with van der Waals surface area (Å²) in [6.07, 6.45) is 1.82. The fourth-order valence-electron chi connectivity index (χ4n) is 4.58. The Hall–Kier alpha value is -5.09. The third kappa shape index (κ3) is 3.76. The minimum Gasteiger partial charge on any atom is -0.315 e. The predicted octanol–water partition coefficient (Wildman–Crippen LogP) is 5.45. The lowest BCUT2D eigenvalue weighted by Gasteiger charge is -2.16.